The van der Waals surface area contributed by atoms with E-state index in [9.17, 15) is 0 Å². The quantitative estimate of drug-likeness (QED) is 0.910. The number of nitrogens with zero attached hydrogens (tertiary/aromatic N) is 4. The summed E-state index contributed by atoms with van der Waals surface area (Å²) >= 11 is 0. The molecule has 0 bridgehead atoms. The number of morpholine rings is 1. The van der Waals surface area contributed by atoms with E-state index in [-0.39, 0.29) is 0 Å². The Kier molecular flexibility index (Phi) is 4.80. The summed E-state index contributed by atoms with van der Waals surface area (Å²) in [5, 5.41) is 11.7. The largest absolute Gasteiger partial charge is 0.379 e. The van der Waals surface area contributed by atoms with Gasteiger partial charge in [0.1, 0.15) is 5.52 Å². The van der Waals surface area contributed by atoms with Crippen LogP contribution in [0.2, 0.25) is 0 Å². The van der Waals surface area contributed by atoms with Gasteiger partial charge in [-0.25, -0.2) is 4.98 Å². The molecule has 1 saturated heterocycles. The van der Waals surface area contributed by atoms with Gasteiger partial charge in [-0.15, -0.1) is 10.2 Å². The fraction of sp³-hybridized carbons (Fsp3) is 0.562. The third kappa shape index (κ3) is 3.69. The highest BCUT2D eigenvalue weighted by Gasteiger charge is 2.10. The molecule has 1 N–H and O–H groups in total. The minimum absolute atomic E-state index is 0.483. The summed E-state index contributed by atoms with van der Waals surface area (Å²) in [5.74, 6) is 1.08. The van der Waals surface area contributed by atoms with Gasteiger partial charge in [-0.2, -0.15) is 0 Å². The van der Waals surface area contributed by atoms with Crippen molar-refractivity contribution >= 4 is 17.0 Å². The zero-order valence-electron chi connectivity index (χ0n) is 13.2. The summed E-state index contributed by atoms with van der Waals surface area (Å²) in [6, 6.07) is 6.18. The molecule has 1 aliphatic rings. The van der Waals surface area contributed by atoms with Crippen LogP contribution >= 0.6 is 0 Å². The summed E-state index contributed by atoms with van der Waals surface area (Å²) in [7, 11) is 0. The molecule has 1 fully saturated rings. The predicted molar refractivity (Wildman–Crippen MR) is 87.2 cm³/mol. The van der Waals surface area contributed by atoms with E-state index < -0.39 is 0 Å². The Balaban J connectivity index is 1.63. The predicted octanol–water partition coefficient (Wildman–Crippen LogP) is 1.89. The number of hydrogen-bond donors (Lipinski definition) is 1. The lowest BCUT2D eigenvalue weighted by molar-refractivity contribution is 0.0398. The fourth-order valence-electron chi connectivity index (χ4n) is 2.54. The van der Waals surface area contributed by atoms with Crippen molar-refractivity contribution in [3.8, 4) is 0 Å². The van der Waals surface area contributed by atoms with Crippen molar-refractivity contribution in [1.82, 2.24) is 20.1 Å². The number of benzene rings is 1. The van der Waals surface area contributed by atoms with Gasteiger partial charge >= 0.3 is 0 Å². The monoisotopic (exact) mass is 301 g/mol. The minimum Gasteiger partial charge on any atom is -0.379 e. The van der Waals surface area contributed by atoms with E-state index in [0.29, 0.717) is 11.9 Å². The molecular formula is C16H23N5O. The normalized spacial score (nSPS) is 16.3. The molecule has 6 nitrogen and oxygen atoms in total. The number of anilines is 1. The van der Waals surface area contributed by atoms with Crippen LogP contribution in [0.1, 0.15) is 25.3 Å². The maximum Gasteiger partial charge on any atom is 0.243 e. The third-order valence-corrected chi connectivity index (χ3v) is 3.96. The van der Waals surface area contributed by atoms with Gasteiger partial charge in [0, 0.05) is 26.2 Å². The zero-order valence-corrected chi connectivity index (χ0v) is 13.2. The van der Waals surface area contributed by atoms with Gasteiger partial charge in [0.15, 0.2) is 0 Å². The molecular weight excluding hydrogens is 278 g/mol. The Hall–Kier alpha value is -1.79. The van der Waals surface area contributed by atoms with Crippen LogP contribution in [0.15, 0.2) is 18.2 Å². The van der Waals surface area contributed by atoms with Crippen molar-refractivity contribution in [2.24, 2.45) is 0 Å². The first kappa shape index (κ1) is 15.1. The molecule has 0 radical (unpaired) electrons. The Bertz CT molecular complexity index is 625. The van der Waals surface area contributed by atoms with Gasteiger partial charge in [-0.05, 0) is 23.6 Å². The van der Waals surface area contributed by atoms with Crippen LogP contribution in [-0.4, -0.2) is 59.5 Å². The maximum absolute atomic E-state index is 5.35. The first-order valence-corrected chi connectivity index (χ1v) is 7.91. The third-order valence-electron chi connectivity index (χ3n) is 3.96. The van der Waals surface area contributed by atoms with Crippen LogP contribution in [0.25, 0.3) is 11.0 Å². The Morgan fingerprint density at radius 1 is 1.18 bits per heavy atom. The SMILES string of the molecule is CC(C)c1ccc2nnc(NCCN3CCOCC3)nc2c1. The molecule has 1 aromatic heterocycles. The number of hydrogen-bond acceptors (Lipinski definition) is 6. The number of fused-ring (bicyclic) bond motifs is 1. The summed E-state index contributed by atoms with van der Waals surface area (Å²) in [6.07, 6.45) is 0. The van der Waals surface area contributed by atoms with E-state index in [4.69, 9.17) is 4.74 Å². The van der Waals surface area contributed by atoms with Crippen LogP contribution in [0, 0.1) is 0 Å². The van der Waals surface area contributed by atoms with Gasteiger partial charge in [0.05, 0.1) is 18.7 Å². The van der Waals surface area contributed by atoms with E-state index in [1.807, 2.05) is 6.07 Å². The van der Waals surface area contributed by atoms with Gasteiger partial charge in [0.25, 0.3) is 0 Å². The van der Waals surface area contributed by atoms with Gasteiger partial charge in [0.2, 0.25) is 5.95 Å². The molecule has 6 heteroatoms. The van der Waals surface area contributed by atoms with Crippen molar-refractivity contribution in [2.75, 3.05) is 44.7 Å². The summed E-state index contributed by atoms with van der Waals surface area (Å²) in [4.78, 5) is 6.95. The van der Waals surface area contributed by atoms with Crippen LogP contribution in [0.5, 0.6) is 0 Å². The molecule has 1 aliphatic heterocycles. The zero-order chi connectivity index (χ0) is 15.4. The molecule has 0 unspecified atom stereocenters. The number of aromatic nitrogens is 3. The number of ether oxygens (including phenoxy) is 1. The first-order valence-electron chi connectivity index (χ1n) is 7.91. The van der Waals surface area contributed by atoms with E-state index in [0.717, 1.165) is 50.4 Å². The van der Waals surface area contributed by atoms with Gasteiger partial charge < -0.3 is 10.1 Å². The number of rotatable bonds is 5. The molecule has 0 atom stereocenters. The molecule has 118 valence electrons. The number of nitrogens with one attached hydrogen (secondary N) is 1. The minimum atomic E-state index is 0.483. The van der Waals surface area contributed by atoms with Crippen LogP contribution < -0.4 is 5.32 Å². The second-order valence-corrected chi connectivity index (χ2v) is 5.92. The van der Waals surface area contributed by atoms with Crippen LogP contribution in [-0.2, 0) is 4.74 Å². The standard InChI is InChI=1S/C16H23N5O/c1-12(2)13-3-4-14-15(11-13)18-16(20-19-14)17-5-6-21-7-9-22-10-8-21/h3-4,11-12H,5-10H2,1-2H3,(H,17,18,20). The second-order valence-electron chi connectivity index (χ2n) is 5.92. The topological polar surface area (TPSA) is 63.2 Å². The highest BCUT2D eigenvalue weighted by molar-refractivity contribution is 5.75. The van der Waals surface area contributed by atoms with Crippen molar-refractivity contribution < 1.29 is 4.74 Å². The fourth-order valence-corrected chi connectivity index (χ4v) is 2.54. The lowest BCUT2D eigenvalue weighted by Gasteiger charge is -2.26. The van der Waals surface area contributed by atoms with Crippen LogP contribution in [0.3, 0.4) is 0 Å². The summed E-state index contributed by atoms with van der Waals surface area (Å²) < 4.78 is 5.35. The Morgan fingerprint density at radius 2 is 2.00 bits per heavy atom. The first-order chi connectivity index (χ1) is 10.7. The van der Waals surface area contributed by atoms with Crippen LogP contribution in [0.4, 0.5) is 5.95 Å². The Labute approximate surface area is 130 Å². The highest BCUT2D eigenvalue weighted by atomic mass is 16.5. The molecule has 2 aromatic rings. The highest BCUT2D eigenvalue weighted by Crippen LogP contribution is 2.19. The molecule has 0 amide bonds. The van der Waals surface area contributed by atoms with Crippen molar-refractivity contribution in [3.05, 3.63) is 23.8 Å². The maximum atomic E-state index is 5.35. The Morgan fingerprint density at radius 3 is 2.77 bits per heavy atom. The summed E-state index contributed by atoms with van der Waals surface area (Å²) in [6.45, 7) is 9.78. The van der Waals surface area contributed by atoms with Crippen molar-refractivity contribution in [2.45, 2.75) is 19.8 Å². The molecule has 0 spiro atoms. The molecule has 1 aromatic carbocycles. The van der Waals surface area contributed by atoms with E-state index in [2.05, 4.69) is 51.4 Å². The molecule has 0 aliphatic carbocycles. The molecule has 22 heavy (non-hydrogen) atoms. The second kappa shape index (κ2) is 6.98. The van der Waals surface area contributed by atoms with E-state index >= 15 is 0 Å². The summed E-state index contributed by atoms with van der Waals surface area (Å²) in [5.41, 5.74) is 3.01. The van der Waals surface area contributed by atoms with E-state index in [1.54, 1.807) is 0 Å². The van der Waals surface area contributed by atoms with Gasteiger partial charge in [-0.3, -0.25) is 4.90 Å². The van der Waals surface area contributed by atoms with Crippen molar-refractivity contribution in [3.63, 3.8) is 0 Å². The van der Waals surface area contributed by atoms with E-state index in [1.165, 1.54) is 5.56 Å². The van der Waals surface area contributed by atoms with Gasteiger partial charge in [-0.1, -0.05) is 19.9 Å². The van der Waals surface area contributed by atoms with Crippen molar-refractivity contribution in [1.29, 1.82) is 0 Å². The molecule has 3 rings (SSSR count). The smallest absolute Gasteiger partial charge is 0.243 e. The molecule has 2 heterocycles. The average molecular weight is 301 g/mol. The molecule has 0 saturated carbocycles. The lowest BCUT2D eigenvalue weighted by atomic mass is 10.0. The lowest BCUT2D eigenvalue weighted by Crippen LogP contribution is -2.39. The average Bonchev–Trinajstić information content (AvgIpc) is 2.55.